The first-order valence-corrected chi connectivity index (χ1v) is 25.4. The van der Waals surface area contributed by atoms with Crippen LogP contribution in [0.3, 0.4) is 0 Å². The number of benzene rings is 10. The number of halogens is 3. The lowest BCUT2D eigenvalue weighted by atomic mass is 9.94. The van der Waals surface area contributed by atoms with Crippen LogP contribution in [-0.4, -0.2) is 9.13 Å². The van der Waals surface area contributed by atoms with Crippen molar-refractivity contribution < 1.29 is 13.2 Å². The Labute approximate surface area is 473 Å². The Balaban J connectivity index is 1.12. The Hall–Kier alpha value is -12.5. The van der Waals surface area contributed by atoms with Crippen molar-refractivity contribution >= 4 is 66.4 Å². The van der Waals surface area contributed by atoms with E-state index in [1.807, 2.05) is 88.0 Å². The van der Waals surface area contributed by atoms with Gasteiger partial charge >= 0.3 is 6.18 Å². The quantitative estimate of drug-likeness (QED) is 0.148. The highest BCUT2D eigenvalue weighted by Gasteiger charge is 2.35. The fourth-order valence-corrected chi connectivity index (χ4v) is 11.1. The molecule has 0 spiro atoms. The Bertz CT molecular complexity index is 4820. The summed E-state index contributed by atoms with van der Waals surface area (Å²) in [5, 5.41) is 42.8. The number of aromatic nitrogens is 2. The Kier molecular flexibility index (Phi) is 12.4. The van der Waals surface area contributed by atoms with E-state index in [9.17, 15) is 21.0 Å². The van der Waals surface area contributed by atoms with E-state index in [1.54, 1.807) is 67.6 Å². The van der Waals surface area contributed by atoms with E-state index < -0.39 is 11.7 Å². The van der Waals surface area contributed by atoms with Gasteiger partial charge in [-0.25, -0.2) is 19.4 Å². The molecule has 2 aromatic heterocycles. The van der Waals surface area contributed by atoms with Crippen LogP contribution in [0.15, 0.2) is 182 Å². The van der Waals surface area contributed by atoms with Gasteiger partial charge in [0.05, 0.1) is 78.2 Å². The van der Waals surface area contributed by atoms with Crippen LogP contribution in [-0.2, 0) is 6.18 Å². The van der Waals surface area contributed by atoms with Crippen LogP contribution in [0.4, 0.5) is 35.9 Å². The van der Waals surface area contributed by atoms with Gasteiger partial charge in [0.15, 0.2) is 22.7 Å². The third-order valence-electron chi connectivity index (χ3n) is 14.9. The zero-order valence-electron chi connectivity index (χ0n) is 43.4. The molecule has 83 heavy (non-hydrogen) atoms. The number of aryl methyl sites for hydroxylation is 1. The second-order valence-corrected chi connectivity index (χ2v) is 19.8. The van der Waals surface area contributed by atoms with Crippen molar-refractivity contribution in [3.05, 3.63) is 261 Å². The monoisotopic (exact) mass is 1070 g/mol. The van der Waals surface area contributed by atoms with E-state index in [0.29, 0.717) is 94.6 Å². The maximum atomic E-state index is 15.8. The summed E-state index contributed by atoms with van der Waals surface area (Å²) in [4.78, 5) is 14.4. The van der Waals surface area contributed by atoms with Crippen LogP contribution in [0, 0.1) is 78.5 Å². The summed E-state index contributed by atoms with van der Waals surface area (Å²) in [6, 6.07) is 60.3. The number of nitriles is 4. The molecule has 0 aliphatic rings. The van der Waals surface area contributed by atoms with Gasteiger partial charge in [0.2, 0.25) is 0 Å². The summed E-state index contributed by atoms with van der Waals surface area (Å²) >= 11 is 0. The zero-order chi connectivity index (χ0) is 57.8. The van der Waals surface area contributed by atoms with Gasteiger partial charge in [-0.05, 0) is 196 Å². The first-order valence-electron chi connectivity index (χ1n) is 25.4. The van der Waals surface area contributed by atoms with Crippen molar-refractivity contribution in [1.29, 1.82) is 21.0 Å². The number of hydrogen-bond acceptors (Lipinski definition) is 4. The summed E-state index contributed by atoms with van der Waals surface area (Å²) in [6.45, 7) is 32.8. The average molecular weight is 1070 g/mol. The summed E-state index contributed by atoms with van der Waals surface area (Å²) in [7, 11) is 0. The lowest BCUT2D eigenvalue weighted by molar-refractivity contribution is -0.137. The van der Waals surface area contributed by atoms with Crippen LogP contribution in [0.25, 0.3) is 130 Å². The molecule has 12 rings (SSSR count). The third-order valence-corrected chi connectivity index (χ3v) is 14.9. The van der Waals surface area contributed by atoms with E-state index in [2.05, 4.69) is 43.7 Å². The lowest BCUT2D eigenvalue weighted by Crippen LogP contribution is -2.09. The number of hydrogen-bond donors (Lipinski definition) is 0. The molecule has 0 amide bonds. The molecule has 0 fully saturated rings. The highest BCUT2D eigenvalue weighted by molar-refractivity contribution is 6.13. The fourth-order valence-electron chi connectivity index (χ4n) is 11.1. The van der Waals surface area contributed by atoms with E-state index in [-0.39, 0.29) is 45.0 Å². The molecule has 0 N–H and O–H groups in total. The molecule has 2 heterocycles. The van der Waals surface area contributed by atoms with Crippen molar-refractivity contribution in [1.82, 2.24) is 9.13 Å². The topological polar surface area (TPSA) is 122 Å². The van der Waals surface area contributed by atoms with Crippen molar-refractivity contribution in [2.24, 2.45) is 0 Å². The normalized spacial score (nSPS) is 11.0. The van der Waals surface area contributed by atoms with E-state index in [0.717, 1.165) is 27.6 Å². The molecule has 0 aliphatic carbocycles. The third kappa shape index (κ3) is 9.01. The maximum absolute atomic E-state index is 15.8. The molecule has 10 nitrogen and oxygen atoms in total. The van der Waals surface area contributed by atoms with Crippen LogP contribution in [0.1, 0.15) is 33.4 Å². The number of rotatable bonds is 7. The Morgan fingerprint density at radius 2 is 0.651 bits per heavy atom. The molecular weight excluding hydrogens is 1040 g/mol. The van der Waals surface area contributed by atoms with Gasteiger partial charge < -0.3 is 9.13 Å². The van der Waals surface area contributed by atoms with Crippen molar-refractivity contribution in [2.45, 2.75) is 13.1 Å². The standard InChI is InChI=1S/C70H33F3N10/c1-40-6-11-57(82-66-30-45(49-18-41(36-74)22-53(26-49)78-2)7-13-59(66)60-14-8-46(31-67(60)82)50-19-42(37-75)23-54(27-50)79-3)34-63(40)64-35-58(12-17-65(64)70(71,72)73)83-68-32-47(51-20-43(38-76)24-55(28-51)80-4)9-15-61(68)62-16-10-48(33-69(62)83)52-21-44(39-77)25-56(29-52)81-5/h6-35H,1H3. The SMILES string of the molecule is [C-]#[N+]c1cc(C#N)cc(-c2ccc3c4ccc(-c5cc(C#N)cc([N+]#[C-])c5)cc4n(-c4ccc(C)c(-c5cc(-n6c7cc(-c8cc(C#N)cc([N+]#[C-])c8)ccc7c7ccc(-c8cc(C#N)cc([N+]#[C-])c8)cc76)ccc5C(F)(F)F)c4)c3c2)c1. The van der Waals surface area contributed by atoms with Gasteiger partial charge in [-0.3, -0.25) is 0 Å². The molecule has 0 bridgehead atoms. The first-order chi connectivity index (χ1) is 40.2. The van der Waals surface area contributed by atoms with Crippen LogP contribution in [0.2, 0.25) is 0 Å². The highest BCUT2D eigenvalue weighted by atomic mass is 19.4. The molecule has 0 unspecified atom stereocenters. The number of nitrogens with zero attached hydrogens (tertiary/aromatic N) is 10. The molecule has 12 aromatic rings. The number of alkyl halides is 3. The van der Waals surface area contributed by atoms with E-state index in [1.165, 1.54) is 36.4 Å². The first kappa shape index (κ1) is 51.3. The van der Waals surface area contributed by atoms with Gasteiger partial charge in [0.1, 0.15) is 0 Å². The van der Waals surface area contributed by atoms with Gasteiger partial charge in [-0.1, -0.05) is 54.6 Å². The molecule has 0 saturated carbocycles. The van der Waals surface area contributed by atoms with Crippen molar-refractivity contribution in [3.8, 4) is 91.3 Å². The molecule has 0 radical (unpaired) electrons. The van der Waals surface area contributed by atoms with E-state index in [4.69, 9.17) is 26.3 Å². The minimum absolute atomic E-state index is 0.120. The average Bonchev–Trinajstić information content (AvgIpc) is 2.87. The van der Waals surface area contributed by atoms with E-state index >= 15 is 13.2 Å². The van der Waals surface area contributed by atoms with Crippen LogP contribution >= 0.6 is 0 Å². The molecule has 0 aliphatic heterocycles. The smallest absolute Gasteiger partial charge is 0.309 e. The summed E-state index contributed by atoms with van der Waals surface area (Å²) in [6.07, 6.45) is -4.84. The summed E-state index contributed by atoms with van der Waals surface area (Å²) in [5.74, 6) is 0. The van der Waals surface area contributed by atoms with Gasteiger partial charge in [0.25, 0.3) is 0 Å². The Morgan fingerprint density at radius 1 is 0.349 bits per heavy atom. The molecule has 0 saturated heterocycles. The second kappa shape index (κ2) is 20.1. The van der Waals surface area contributed by atoms with Crippen molar-refractivity contribution in [3.63, 3.8) is 0 Å². The molecule has 10 aromatic carbocycles. The minimum atomic E-state index is -4.84. The molecular formula is C70H33F3N10. The predicted octanol–water partition coefficient (Wildman–Crippen LogP) is 19.2. The van der Waals surface area contributed by atoms with Crippen LogP contribution < -0.4 is 0 Å². The van der Waals surface area contributed by atoms with Gasteiger partial charge in [-0.2, -0.15) is 34.2 Å². The van der Waals surface area contributed by atoms with Crippen LogP contribution in [0.5, 0.6) is 0 Å². The maximum Gasteiger partial charge on any atom is 0.417 e. The highest BCUT2D eigenvalue weighted by Crippen LogP contribution is 2.45. The summed E-state index contributed by atoms with van der Waals surface area (Å²) < 4.78 is 51.3. The van der Waals surface area contributed by atoms with Gasteiger partial charge in [0, 0.05) is 55.2 Å². The van der Waals surface area contributed by atoms with Crippen molar-refractivity contribution in [2.75, 3.05) is 0 Å². The fraction of sp³-hybridized carbons (Fsp3) is 0.0286. The largest absolute Gasteiger partial charge is 0.417 e. The molecule has 0 atom stereocenters. The van der Waals surface area contributed by atoms with Gasteiger partial charge in [-0.15, -0.1) is 0 Å². The molecule has 384 valence electrons. The number of fused-ring (bicyclic) bond motifs is 6. The summed E-state index contributed by atoms with van der Waals surface area (Å²) in [5.41, 5.74) is 10.5. The second-order valence-electron chi connectivity index (χ2n) is 19.8. The lowest BCUT2D eigenvalue weighted by Gasteiger charge is -2.19. The zero-order valence-corrected chi connectivity index (χ0v) is 43.4. The minimum Gasteiger partial charge on any atom is -0.309 e. The Morgan fingerprint density at radius 3 is 0.940 bits per heavy atom. The predicted molar refractivity (Wildman–Crippen MR) is 316 cm³/mol. The molecule has 13 heteroatoms.